The van der Waals surface area contributed by atoms with Crippen molar-refractivity contribution in [3.05, 3.63) is 28.2 Å². The van der Waals surface area contributed by atoms with Crippen molar-refractivity contribution < 1.29 is 8.42 Å². The molecule has 4 nitrogen and oxygen atoms in total. The van der Waals surface area contributed by atoms with Crippen molar-refractivity contribution in [3.63, 3.8) is 0 Å². The summed E-state index contributed by atoms with van der Waals surface area (Å²) in [7, 11) is -3.63. The molecule has 0 radical (unpaired) electrons. The zero-order chi connectivity index (χ0) is 13.3. The molecule has 2 rings (SSSR count). The summed E-state index contributed by atoms with van der Waals surface area (Å²) < 4.78 is 26.4. The van der Waals surface area contributed by atoms with Gasteiger partial charge in [-0.15, -0.1) is 12.4 Å². The second-order valence-electron chi connectivity index (χ2n) is 4.27. The third kappa shape index (κ3) is 3.54. The second kappa shape index (κ2) is 6.61. The maximum absolute atomic E-state index is 12.5. The number of piperazine rings is 1. The summed E-state index contributed by atoms with van der Waals surface area (Å²) in [5.74, 6) is 0. The Kier molecular flexibility index (Phi) is 5.92. The Hall–Kier alpha value is -0.0400. The average Bonchev–Trinajstić information content (AvgIpc) is 2.28. The Morgan fingerprint density at radius 1 is 1.32 bits per heavy atom. The van der Waals surface area contributed by atoms with Crippen LogP contribution in [0.3, 0.4) is 0 Å². The van der Waals surface area contributed by atoms with Crippen LogP contribution >= 0.6 is 35.6 Å². The molecular weight excluding hydrogens is 331 g/mol. The molecule has 1 heterocycles. The highest BCUT2D eigenvalue weighted by molar-refractivity contribution is 7.89. The van der Waals surface area contributed by atoms with Crippen LogP contribution in [0.1, 0.15) is 6.92 Å². The summed E-state index contributed by atoms with van der Waals surface area (Å²) in [5.41, 5.74) is 0. The Morgan fingerprint density at radius 2 is 1.89 bits per heavy atom. The van der Waals surface area contributed by atoms with E-state index in [1.165, 1.54) is 16.4 Å². The van der Waals surface area contributed by atoms with Gasteiger partial charge in [0, 0.05) is 25.7 Å². The van der Waals surface area contributed by atoms with E-state index in [1.54, 1.807) is 6.07 Å². The summed E-state index contributed by atoms with van der Waals surface area (Å²) in [6, 6.07) is 4.82. The number of benzene rings is 1. The first kappa shape index (κ1) is 17.0. The average molecular weight is 346 g/mol. The molecule has 0 saturated carbocycles. The Bertz CT molecular complexity index is 531. The van der Waals surface area contributed by atoms with Crippen molar-refractivity contribution >= 4 is 45.6 Å². The molecule has 1 aromatic carbocycles. The van der Waals surface area contributed by atoms with Gasteiger partial charge in [-0.2, -0.15) is 4.31 Å². The van der Waals surface area contributed by atoms with Crippen LogP contribution < -0.4 is 5.32 Å². The predicted octanol–water partition coefficient (Wildman–Crippen LogP) is 2.40. The summed E-state index contributed by atoms with van der Waals surface area (Å²) in [4.78, 5) is 0.00225. The smallest absolute Gasteiger partial charge is 0.246 e. The number of rotatable bonds is 2. The fraction of sp³-hybridized carbons (Fsp3) is 0.455. The first-order valence-corrected chi connectivity index (χ1v) is 7.80. The van der Waals surface area contributed by atoms with Crippen molar-refractivity contribution in [2.24, 2.45) is 0 Å². The van der Waals surface area contributed by atoms with Gasteiger partial charge in [-0.05, 0) is 19.1 Å². The molecule has 19 heavy (non-hydrogen) atoms. The second-order valence-corrected chi connectivity index (χ2v) is 6.96. The highest BCUT2D eigenvalue weighted by Gasteiger charge is 2.31. The van der Waals surface area contributed by atoms with Gasteiger partial charge in [0.15, 0.2) is 0 Å². The highest BCUT2D eigenvalue weighted by atomic mass is 35.5. The largest absolute Gasteiger partial charge is 0.312 e. The molecule has 0 spiro atoms. The van der Waals surface area contributed by atoms with Crippen LogP contribution in [0.4, 0.5) is 0 Å². The molecule has 1 aliphatic rings. The number of halogens is 3. The Labute approximate surface area is 129 Å². The van der Waals surface area contributed by atoms with Gasteiger partial charge in [0.25, 0.3) is 0 Å². The molecule has 0 amide bonds. The third-order valence-electron chi connectivity index (χ3n) is 2.85. The van der Waals surface area contributed by atoms with Crippen LogP contribution in [-0.4, -0.2) is 38.4 Å². The zero-order valence-electron chi connectivity index (χ0n) is 10.3. The quantitative estimate of drug-likeness (QED) is 0.895. The molecule has 1 fully saturated rings. The number of nitrogens with one attached hydrogen (secondary N) is 1. The molecule has 108 valence electrons. The van der Waals surface area contributed by atoms with Crippen LogP contribution in [0, 0.1) is 0 Å². The molecule has 1 atom stereocenters. The number of sulfonamides is 1. The number of nitrogens with zero attached hydrogens (tertiary/aromatic N) is 1. The molecule has 1 saturated heterocycles. The maximum Gasteiger partial charge on any atom is 0.246 e. The standard InChI is InChI=1S/C11H14Cl2N2O2S.ClH/c1-8-7-15(6-5-14-8)18(16,17)11-9(12)3-2-4-10(11)13;/h2-4,8,14H,5-7H2,1H3;1H. The maximum atomic E-state index is 12.5. The fourth-order valence-corrected chi connectivity index (χ4v) is 4.59. The SMILES string of the molecule is CC1CN(S(=O)(=O)c2c(Cl)cccc2Cl)CCN1.Cl. The molecule has 0 aliphatic carbocycles. The summed E-state index contributed by atoms with van der Waals surface area (Å²) in [6.07, 6.45) is 0. The van der Waals surface area contributed by atoms with Crippen molar-refractivity contribution in [2.75, 3.05) is 19.6 Å². The summed E-state index contributed by atoms with van der Waals surface area (Å²) in [5, 5.41) is 3.51. The van der Waals surface area contributed by atoms with E-state index in [9.17, 15) is 8.42 Å². The minimum absolute atomic E-state index is 0. The van der Waals surface area contributed by atoms with Gasteiger partial charge in [-0.1, -0.05) is 29.3 Å². The van der Waals surface area contributed by atoms with Gasteiger partial charge in [0.05, 0.1) is 10.0 Å². The Balaban J connectivity index is 0.00000180. The lowest BCUT2D eigenvalue weighted by molar-refractivity contribution is 0.310. The lowest BCUT2D eigenvalue weighted by atomic mass is 10.3. The zero-order valence-corrected chi connectivity index (χ0v) is 13.4. The first-order valence-electron chi connectivity index (χ1n) is 5.60. The summed E-state index contributed by atoms with van der Waals surface area (Å²) in [6.45, 7) is 3.41. The van der Waals surface area contributed by atoms with E-state index in [0.29, 0.717) is 19.6 Å². The van der Waals surface area contributed by atoms with Gasteiger partial charge in [-0.25, -0.2) is 8.42 Å². The van der Waals surface area contributed by atoms with Crippen LogP contribution in [-0.2, 0) is 10.0 Å². The molecule has 1 aromatic rings. The molecule has 1 aliphatic heterocycles. The van der Waals surface area contributed by atoms with Gasteiger partial charge in [0.1, 0.15) is 4.90 Å². The van der Waals surface area contributed by atoms with E-state index in [4.69, 9.17) is 23.2 Å². The number of hydrogen-bond acceptors (Lipinski definition) is 3. The minimum Gasteiger partial charge on any atom is -0.312 e. The first-order chi connectivity index (χ1) is 8.43. The van der Waals surface area contributed by atoms with Crippen molar-refractivity contribution in [1.82, 2.24) is 9.62 Å². The fourth-order valence-electron chi connectivity index (χ4n) is 1.97. The van der Waals surface area contributed by atoms with Gasteiger partial charge in [-0.3, -0.25) is 0 Å². The summed E-state index contributed by atoms with van der Waals surface area (Å²) >= 11 is 11.9. The van der Waals surface area contributed by atoms with Crippen molar-refractivity contribution in [3.8, 4) is 0 Å². The highest BCUT2D eigenvalue weighted by Crippen LogP contribution is 2.31. The van der Waals surface area contributed by atoms with E-state index in [-0.39, 0.29) is 33.4 Å². The van der Waals surface area contributed by atoms with E-state index in [0.717, 1.165) is 0 Å². The molecule has 8 heteroatoms. The monoisotopic (exact) mass is 344 g/mol. The van der Waals surface area contributed by atoms with Crippen molar-refractivity contribution in [1.29, 1.82) is 0 Å². The number of hydrogen-bond donors (Lipinski definition) is 1. The molecule has 0 aromatic heterocycles. The van der Waals surface area contributed by atoms with E-state index >= 15 is 0 Å². The van der Waals surface area contributed by atoms with Crippen LogP contribution in [0.25, 0.3) is 0 Å². The third-order valence-corrected chi connectivity index (χ3v) is 5.67. The molecule has 0 bridgehead atoms. The molecule has 1 N–H and O–H groups in total. The van der Waals surface area contributed by atoms with Gasteiger partial charge >= 0.3 is 0 Å². The van der Waals surface area contributed by atoms with Crippen molar-refractivity contribution in [2.45, 2.75) is 17.9 Å². The van der Waals surface area contributed by atoms with E-state index in [2.05, 4.69) is 5.32 Å². The lowest BCUT2D eigenvalue weighted by Crippen LogP contribution is -2.51. The van der Waals surface area contributed by atoms with Crippen LogP contribution in [0.2, 0.25) is 10.0 Å². The normalized spacial score (nSPS) is 20.9. The van der Waals surface area contributed by atoms with E-state index in [1.807, 2.05) is 6.92 Å². The van der Waals surface area contributed by atoms with Crippen LogP contribution in [0.5, 0.6) is 0 Å². The Morgan fingerprint density at radius 3 is 2.42 bits per heavy atom. The predicted molar refractivity (Wildman–Crippen MR) is 79.9 cm³/mol. The van der Waals surface area contributed by atoms with Gasteiger partial charge in [0.2, 0.25) is 10.0 Å². The molecular formula is C11H15Cl3N2O2S. The van der Waals surface area contributed by atoms with Gasteiger partial charge < -0.3 is 5.32 Å². The minimum atomic E-state index is -3.63. The lowest BCUT2D eigenvalue weighted by Gasteiger charge is -2.31. The van der Waals surface area contributed by atoms with E-state index < -0.39 is 10.0 Å². The topological polar surface area (TPSA) is 49.4 Å². The van der Waals surface area contributed by atoms with Crippen LogP contribution in [0.15, 0.2) is 23.1 Å². The molecule has 1 unspecified atom stereocenters.